The van der Waals surface area contributed by atoms with Crippen LogP contribution in [0.5, 0.6) is 0 Å². The van der Waals surface area contributed by atoms with Crippen molar-refractivity contribution in [3.8, 4) is 0 Å². The first kappa shape index (κ1) is 18.0. The Bertz CT molecular complexity index is 225. The average molecular weight is 245 g/mol. The molecule has 0 heterocycles. The SMILES string of the molecule is CCC(C(C)=O)C(=O)[O-].CCCC(=O)OCC. The van der Waals surface area contributed by atoms with Crippen molar-refractivity contribution in [1.82, 2.24) is 0 Å². The predicted octanol–water partition coefficient (Wildman–Crippen LogP) is 0.701. The number of ketones is 1. The molecule has 0 aromatic carbocycles. The third-order valence-electron chi connectivity index (χ3n) is 1.94. The zero-order chi connectivity index (χ0) is 13.8. The van der Waals surface area contributed by atoms with Gasteiger partial charge in [0.2, 0.25) is 0 Å². The van der Waals surface area contributed by atoms with E-state index in [4.69, 9.17) is 0 Å². The lowest BCUT2D eigenvalue weighted by Crippen LogP contribution is -2.34. The summed E-state index contributed by atoms with van der Waals surface area (Å²) in [4.78, 5) is 30.9. The second-order valence-corrected chi connectivity index (χ2v) is 3.45. The second kappa shape index (κ2) is 11.1. The molecular weight excluding hydrogens is 224 g/mol. The van der Waals surface area contributed by atoms with Crippen LogP contribution in [-0.4, -0.2) is 24.3 Å². The highest BCUT2D eigenvalue weighted by Gasteiger charge is 2.11. The lowest BCUT2D eigenvalue weighted by atomic mass is 10.0. The van der Waals surface area contributed by atoms with Gasteiger partial charge in [0.15, 0.2) is 0 Å². The van der Waals surface area contributed by atoms with E-state index < -0.39 is 11.9 Å². The lowest BCUT2D eigenvalue weighted by Gasteiger charge is -2.10. The third-order valence-corrected chi connectivity index (χ3v) is 1.94. The number of carboxylic acid groups (broad SMARTS) is 1. The van der Waals surface area contributed by atoms with E-state index in [2.05, 4.69) is 4.74 Å². The van der Waals surface area contributed by atoms with Crippen LogP contribution in [0.2, 0.25) is 0 Å². The van der Waals surface area contributed by atoms with Gasteiger partial charge >= 0.3 is 5.97 Å². The standard InChI is InChI=1S/C6H10O3.C6H12O2/c1-3-5(4(2)7)6(8)9;1-3-5-6(7)8-4-2/h5H,3H2,1-2H3,(H,8,9);3-5H2,1-2H3/p-1. The minimum absolute atomic E-state index is 0.0880. The summed E-state index contributed by atoms with van der Waals surface area (Å²) in [6.07, 6.45) is 1.74. The molecule has 0 aromatic rings. The van der Waals surface area contributed by atoms with Gasteiger partial charge in [0.25, 0.3) is 0 Å². The number of carboxylic acids is 1. The maximum atomic E-state index is 10.4. The van der Waals surface area contributed by atoms with E-state index >= 15 is 0 Å². The molecule has 0 aliphatic carbocycles. The van der Waals surface area contributed by atoms with Gasteiger partial charge in [-0.05, 0) is 26.7 Å². The Morgan fingerprint density at radius 1 is 1.18 bits per heavy atom. The zero-order valence-electron chi connectivity index (χ0n) is 10.9. The van der Waals surface area contributed by atoms with Gasteiger partial charge in [-0.2, -0.15) is 0 Å². The third kappa shape index (κ3) is 10.9. The van der Waals surface area contributed by atoms with Crippen LogP contribution >= 0.6 is 0 Å². The van der Waals surface area contributed by atoms with E-state index in [1.807, 2.05) is 13.8 Å². The molecule has 0 aliphatic rings. The summed E-state index contributed by atoms with van der Waals surface area (Å²) in [6.45, 7) is 7.16. The fourth-order valence-electron chi connectivity index (χ4n) is 1.06. The van der Waals surface area contributed by atoms with Crippen LogP contribution in [0.15, 0.2) is 0 Å². The molecule has 100 valence electrons. The molecule has 0 amide bonds. The maximum absolute atomic E-state index is 10.4. The Balaban J connectivity index is 0. The topological polar surface area (TPSA) is 83.5 Å². The molecule has 5 nitrogen and oxygen atoms in total. The minimum Gasteiger partial charge on any atom is -0.549 e. The Labute approximate surface area is 102 Å². The van der Waals surface area contributed by atoms with Crippen molar-refractivity contribution in [3.05, 3.63) is 0 Å². The molecule has 0 spiro atoms. The van der Waals surface area contributed by atoms with E-state index in [9.17, 15) is 19.5 Å². The van der Waals surface area contributed by atoms with Crippen molar-refractivity contribution in [2.45, 2.75) is 47.0 Å². The fourth-order valence-corrected chi connectivity index (χ4v) is 1.06. The van der Waals surface area contributed by atoms with Gasteiger partial charge in [-0.1, -0.05) is 13.8 Å². The van der Waals surface area contributed by atoms with Crippen molar-refractivity contribution in [2.24, 2.45) is 5.92 Å². The van der Waals surface area contributed by atoms with Crippen LogP contribution < -0.4 is 5.11 Å². The van der Waals surface area contributed by atoms with E-state index in [0.29, 0.717) is 19.4 Å². The van der Waals surface area contributed by atoms with Gasteiger partial charge < -0.3 is 14.6 Å². The molecule has 0 radical (unpaired) electrons. The highest BCUT2D eigenvalue weighted by Crippen LogP contribution is 2.00. The summed E-state index contributed by atoms with van der Waals surface area (Å²) in [5.41, 5.74) is 0. The van der Waals surface area contributed by atoms with Gasteiger partial charge in [-0.3, -0.25) is 9.59 Å². The smallest absolute Gasteiger partial charge is 0.305 e. The Hall–Kier alpha value is -1.39. The molecule has 0 saturated heterocycles. The van der Waals surface area contributed by atoms with Crippen molar-refractivity contribution in [2.75, 3.05) is 6.61 Å². The molecule has 0 fully saturated rings. The van der Waals surface area contributed by atoms with E-state index in [0.717, 1.165) is 6.42 Å². The molecule has 0 saturated carbocycles. The number of aliphatic carboxylic acids is 1. The number of hydrogen-bond donors (Lipinski definition) is 0. The Morgan fingerprint density at radius 3 is 1.88 bits per heavy atom. The van der Waals surface area contributed by atoms with Crippen LogP contribution in [0.4, 0.5) is 0 Å². The van der Waals surface area contributed by atoms with Crippen LogP contribution in [0.1, 0.15) is 47.0 Å². The van der Waals surface area contributed by atoms with Gasteiger partial charge in [0.05, 0.1) is 18.5 Å². The number of rotatable bonds is 6. The van der Waals surface area contributed by atoms with Crippen LogP contribution in [0, 0.1) is 5.92 Å². The summed E-state index contributed by atoms with van der Waals surface area (Å²) in [6, 6.07) is 0. The first-order valence-corrected chi connectivity index (χ1v) is 5.77. The van der Waals surface area contributed by atoms with Gasteiger partial charge in [-0.15, -0.1) is 0 Å². The van der Waals surface area contributed by atoms with Gasteiger partial charge in [0, 0.05) is 6.42 Å². The van der Waals surface area contributed by atoms with Crippen LogP contribution in [0.25, 0.3) is 0 Å². The molecule has 17 heavy (non-hydrogen) atoms. The number of esters is 1. The number of ether oxygens (including phenoxy) is 1. The molecule has 0 aliphatic heterocycles. The Kier molecular flexibility index (Phi) is 11.8. The monoisotopic (exact) mass is 245 g/mol. The van der Waals surface area contributed by atoms with Crippen molar-refractivity contribution in [3.63, 3.8) is 0 Å². The number of Topliss-reactive ketones (excluding diaryl/α,β-unsaturated/α-hetero) is 1. The van der Waals surface area contributed by atoms with E-state index in [-0.39, 0.29) is 11.8 Å². The maximum Gasteiger partial charge on any atom is 0.305 e. The lowest BCUT2D eigenvalue weighted by molar-refractivity contribution is -0.309. The molecule has 0 N–H and O–H groups in total. The summed E-state index contributed by atoms with van der Waals surface area (Å²) < 4.78 is 4.64. The first-order chi connectivity index (χ1) is 7.90. The largest absolute Gasteiger partial charge is 0.549 e. The fraction of sp³-hybridized carbons (Fsp3) is 0.750. The molecule has 0 aromatic heterocycles. The van der Waals surface area contributed by atoms with E-state index in [1.165, 1.54) is 6.92 Å². The predicted molar refractivity (Wildman–Crippen MR) is 61.0 cm³/mol. The van der Waals surface area contributed by atoms with Gasteiger partial charge in [0.1, 0.15) is 5.78 Å². The number of carbonyl (C=O) groups is 3. The molecule has 1 unspecified atom stereocenters. The normalized spacial score (nSPS) is 10.8. The van der Waals surface area contributed by atoms with Gasteiger partial charge in [-0.25, -0.2) is 0 Å². The average Bonchev–Trinajstić information content (AvgIpc) is 2.18. The summed E-state index contributed by atoms with van der Waals surface area (Å²) >= 11 is 0. The van der Waals surface area contributed by atoms with E-state index in [1.54, 1.807) is 6.92 Å². The van der Waals surface area contributed by atoms with Crippen LogP contribution in [0.3, 0.4) is 0 Å². The molecule has 5 heteroatoms. The second-order valence-electron chi connectivity index (χ2n) is 3.45. The molecule has 0 bridgehead atoms. The first-order valence-electron chi connectivity index (χ1n) is 5.77. The quantitative estimate of drug-likeness (QED) is 0.508. The Morgan fingerprint density at radius 2 is 1.71 bits per heavy atom. The highest BCUT2D eigenvalue weighted by atomic mass is 16.5. The van der Waals surface area contributed by atoms with Crippen LogP contribution in [-0.2, 0) is 19.1 Å². The zero-order valence-corrected chi connectivity index (χ0v) is 10.9. The molecule has 0 rings (SSSR count). The van der Waals surface area contributed by atoms with Crippen molar-refractivity contribution < 1.29 is 24.2 Å². The summed E-state index contributed by atoms with van der Waals surface area (Å²) in [5, 5.41) is 10.0. The van der Waals surface area contributed by atoms with Crippen molar-refractivity contribution in [1.29, 1.82) is 0 Å². The molecule has 1 atom stereocenters. The highest BCUT2D eigenvalue weighted by molar-refractivity contribution is 5.95. The summed E-state index contributed by atoms with van der Waals surface area (Å²) in [7, 11) is 0. The number of carbonyl (C=O) groups excluding carboxylic acids is 3. The number of hydrogen-bond acceptors (Lipinski definition) is 5. The molecular formula is C12H21O5-. The van der Waals surface area contributed by atoms with Crippen molar-refractivity contribution >= 4 is 17.7 Å². The summed E-state index contributed by atoms with van der Waals surface area (Å²) in [5.74, 6) is -2.61. The minimum atomic E-state index is -1.27.